The molecule has 7 nitrogen and oxygen atoms in total. The first-order valence-corrected chi connectivity index (χ1v) is 15.9. The number of carboxylic acid groups (broad SMARTS) is 1. The molecule has 0 heterocycles. The molecule has 0 aromatic rings. The molecule has 0 aromatic carbocycles. The number of nitrogens with one attached hydrogen (secondary N) is 1. The SMILES string of the molecule is CC(=O)COCCCCCNC(=O)CC[C@@H](C)CC(=O)CCCCCCCCCCCCCCCCC(=O)O. The van der Waals surface area contributed by atoms with Crippen molar-refractivity contribution in [1.29, 1.82) is 0 Å². The highest BCUT2D eigenvalue weighted by molar-refractivity contribution is 5.79. The van der Waals surface area contributed by atoms with E-state index in [0.717, 1.165) is 57.8 Å². The highest BCUT2D eigenvalue weighted by Crippen LogP contribution is 2.16. The minimum atomic E-state index is -0.682. The number of ketones is 2. The van der Waals surface area contributed by atoms with Gasteiger partial charge in [0.15, 0.2) is 5.78 Å². The Morgan fingerprint density at radius 2 is 1.15 bits per heavy atom. The predicted octanol–water partition coefficient (Wildman–Crippen LogP) is 7.58. The van der Waals surface area contributed by atoms with Gasteiger partial charge in [0.25, 0.3) is 0 Å². The Bertz CT molecular complexity index is 636. The lowest BCUT2D eigenvalue weighted by atomic mass is 9.96. The lowest BCUT2D eigenvalue weighted by molar-refractivity contribution is -0.137. The molecule has 1 atom stereocenters. The molecular formula is C32H59NO6. The van der Waals surface area contributed by atoms with Crippen LogP contribution in [-0.2, 0) is 23.9 Å². The number of unbranched alkanes of at least 4 members (excludes halogenated alkanes) is 15. The van der Waals surface area contributed by atoms with E-state index in [9.17, 15) is 19.2 Å². The largest absolute Gasteiger partial charge is 0.481 e. The average molecular weight is 554 g/mol. The van der Waals surface area contributed by atoms with Crippen LogP contribution < -0.4 is 5.32 Å². The van der Waals surface area contributed by atoms with Gasteiger partial charge in [-0.1, -0.05) is 84.0 Å². The van der Waals surface area contributed by atoms with Crippen LogP contribution in [0.3, 0.4) is 0 Å². The number of ether oxygens (including phenoxy) is 1. The molecule has 1 amide bonds. The number of Topliss-reactive ketones (excluding diaryl/α,β-unsaturated/α-hetero) is 2. The maximum atomic E-state index is 12.3. The molecule has 228 valence electrons. The van der Waals surface area contributed by atoms with Gasteiger partial charge in [-0.25, -0.2) is 0 Å². The summed E-state index contributed by atoms with van der Waals surface area (Å²) in [6.45, 7) is 5.01. The molecule has 0 rings (SSSR count). The molecule has 0 spiro atoms. The van der Waals surface area contributed by atoms with E-state index in [4.69, 9.17) is 9.84 Å². The summed E-state index contributed by atoms with van der Waals surface area (Å²) in [5.41, 5.74) is 0. The van der Waals surface area contributed by atoms with Crippen molar-refractivity contribution < 1.29 is 29.0 Å². The van der Waals surface area contributed by atoms with Gasteiger partial charge >= 0.3 is 5.97 Å². The van der Waals surface area contributed by atoms with Crippen molar-refractivity contribution in [2.75, 3.05) is 19.8 Å². The number of hydrogen-bond donors (Lipinski definition) is 2. The summed E-state index contributed by atoms with van der Waals surface area (Å²) in [5, 5.41) is 11.6. The van der Waals surface area contributed by atoms with Gasteiger partial charge in [0.05, 0.1) is 0 Å². The highest BCUT2D eigenvalue weighted by Gasteiger charge is 2.11. The Morgan fingerprint density at radius 3 is 1.67 bits per heavy atom. The summed E-state index contributed by atoms with van der Waals surface area (Å²) in [6.07, 6.45) is 22.2. The second kappa shape index (κ2) is 27.8. The fraction of sp³-hybridized carbons (Fsp3) is 0.875. The van der Waals surface area contributed by atoms with E-state index in [2.05, 4.69) is 12.2 Å². The molecular weight excluding hydrogens is 494 g/mol. The zero-order chi connectivity index (χ0) is 29.0. The van der Waals surface area contributed by atoms with Crippen molar-refractivity contribution in [3.63, 3.8) is 0 Å². The summed E-state index contributed by atoms with van der Waals surface area (Å²) < 4.78 is 5.22. The third-order valence-electron chi connectivity index (χ3n) is 7.13. The van der Waals surface area contributed by atoms with Gasteiger partial charge in [0, 0.05) is 38.8 Å². The molecule has 0 aromatic heterocycles. The van der Waals surface area contributed by atoms with E-state index < -0.39 is 5.97 Å². The van der Waals surface area contributed by atoms with Crippen LogP contribution in [0.2, 0.25) is 0 Å². The number of amides is 1. The topological polar surface area (TPSA) is 110 Å². The molecule has 0 saturated carbocycles. The average Bonchev–Trinajstić information content (AvgIpc) is 2.88. The summed E-state index contributed by atoms with van der Waals surface area (Å²) >= 11 is 0. The van der Waals surface area contributed by atoms with E-state index in [-0.39, 0.29) is 24.2 Å². The van der Waals surface area contributed by atoms with Gasteiger partial charge in [0.2, 0.25) is 5.91 Å². The normalized spacial score (nSPS) is 11.8. The maximum absolute atomic E-state index is 12.3. The third kappa shape index (κ3) is 30.6. The fourth-order valence-corrected chi connectivity index (χ4v) is 4.73. The summed E-state index contributed by atoms with van der Waals surface area (Å²) in [5.74, 6) is -0.000251. The Kier molecular flexibility index (Phi) is 26.5. The Hall–Kier alpha value is -1.76. The van der Waals surface area contributed by atoms with Gasteiger partial charge in [-0.05, 0) is 51.4 Å². The first-order chi connectivity index (χ1) is 18.8. The van der Waals surface area contributed by atoms with Crippen molar-refractivity contribution in [2.24, 2.45) is 5.92 Å². The smallest absolute Gasteiger partial charge is 0.303 e. The zero-order valence-electron chi connectivity index (χ0n) is 25.2. The molecule has 0 radical (unpaired) electrons. The zero-order valence-corrected chi connectivity index (χ0v) is 25.2. The first-order valence-electron chi connectivity index (χ1n) is 15.9. The third-order valence-corrected chi connectivity index (χ3v) is 7.13. The number of carboxylic acids is 1. The first kappa shape index (κ1) is 37.2. The van der Waals surface area contributed by atoms with Crippen LogP contribution in [0, 0.1) is 5.92 Å². The molecule has 0 bridgehead atoms. The molecule has 0 saturated heterocycles. The van der Waals surface area contributed by atoms with E-state index in [1.165, 1.54) is 64.7 Å². The lowest BCUT2D eigenvalue weighted by Crippen LogP contribution is -2.24. The van der Waals surface area contributed by atoms with E-state index in [1.807, 2.05) is 0 Å². The quantitative estimate of drug-likeness (QED) is 0.0887. The standard InChI is InChI=1S/C32H59NO6/c1-28(22-23-31(36)33-24-18-15-19-25-39-27-29(2)34)26-30(35)20-16-13-11-9-7-5-3-4-6-8-10-12-14-17-21-32(37)38/h28H,3-27H2,1-2H3,(H,33,36)(H,37,38)/t28-/m1/s1. The number of hydrogen-bond acceptors (Lipinski definition) is 5. The Morgan fingerprint density at radius 1 is 0.667 bits per heavy atom. The second-order valence-corrected chi connectivity index (χ2v) is 11.4. The lowest BCUT2D eigenvalue weighted by Gasteiger charge is -2.11. The maximum Gasteiger partial charge on any atom is 0.303 e. The minimum Gasteiger partial charge on any atom is -0.481 e. The van der Waals surface area contributed by atoms with Gasteiger partial charge in [0.1, 0.15) is 12.4 Å². The molecule has 0 aliphatic rings. The van der Waals surface area contributed by atoms with Crippen LogP contribution >= 0.6 is 0 Å². The van der Waals surface area contributed by atoms with Crippen molar-refractivity contribution in [3.05, 3.63) is 0 Å². The van der Waals surface area contributed by atoms with Crippen molar-refractivity contribution >= 4 is 23.4 Å². The van der Waals surface area contributed by atoms with E-state index >= 15 is 0 Å². The van der Waals surface area contributed by atoms with E-state index in [0.29, 0.717) is 44.6 Å². The molecule has 0 fully saturated rings. The fourth-order valence-electron chi connectivity index (χ4n) is 4.73. The van der Waals surface area contributed by atoms with Gasteiger partial charge in [-0.15, -0.1) is 0 Å². The highest BCUT2D eigenvalue weighted by atomic mass is 16.5. The van der Waals surface area contributed by atoms with Crippen LogP contribution in [0.1, 0.15) is 155 Å². The van der Waals surface area contributed by atoms with Crippen LogP contribution in [-0.4, -0.2) is 48.3 Å². The van der Waals surface area contributed by atoms with E-state index in [1.54, 1.807) is 0 Å². The van der Waals surface area contributed by atoms with Crippen molar-refractivity contribution in [2.45, 2.75) is 155 Å². The molecule has 7 heteroatoms. The Balaban J connectivity index is 3.41. The second-order valence-electron chi connectivity index (χ2n) is 11.4. The van der Waals surface area contributed by atoms with Crippen LogP contribution in [0.25, 0.3) is 0 Å². The van der Waals surface area contributed by atoms with Crippen molar-refractivity contribution in [1.82, 2.24) is 5.32 Å². The number of carbonyl (C=O) groups is 4. The Labute approximate surface area is 238 Å². The summed E-state index contributed by atoms with van der Waals surface area (Å²) in [6, 6.07) is 0. The molecule has 39 heavy (non-hydrogen) atoms. The minimum absolute atomic E-state index is 0.0407. The van der Waals surface area contributed by atoms with Gasteiger partial charge < -0.3 is 15.2 Å². The number of aliphatic carboxylic acids is 1. The molecule has 2 N–H and O–H groups in total. The van der Waals surface area contributed by atoms with Crippen molar-refractivity contribution in [3.8, 4) is 0 Å². The number of carbonyl (C=O) groups excluding carboxylic acids is 3. The summed E-state index contributed by atoms with van der Waals surface area (Å²) in [7, 11) is 0. The predicted molar refractivity (Wildman–Crippen MR) is 158 cm³/mol. The van der Waals surface area contributed by atoms with Gasteiger partial charge in [-0.2, -0.15) is 0 Å². The van der Waals surface area contributed by atoms with Crippen LogP contribution in [0.4, 0.5) is 0 Å². The molecule has 0 unspecified atom stereocenters. The van der Waals surface area contributed by atoms with Crippen LogP contribution in [0.5, 0.6) is 0 Å². The number of rotatable bonds is 30. The summed E-state index contributed by atoms with van der Waals surface area (Å²) in [4.78, 5) is 45.5. The van der Waals surface area contributed by atoms with Gasteiger partial charge in [-0.3, -0.25) is 19.2 Å². The van der Waals surface area contributed by atoms with Crippen LogP contribution in [0.15, 0.2) is 0 Å². The molecule has 0 aliphatic heterocycles. The monoisotopic (exact) mass is 553 g/mol. The molecule has 0 aliphatic carbocycles.